The Morgan fingerprint density at radius 3 is 2.89 bits per heavy atom. The number of imidazole rings is 1. The van der Waals surface area contributed by atoms with Gasteiger partial charge in [0.25, 0.3) is 10.2 Å². The lowest BCUT2D eigenvalue weighted by Gasteiger charge is -2.34. The van der Waals surface area contributed by atoms with Crippen molar-refractivity contribution in [1.29, 1.82) is 0 Å². The van der Waals surface area contributed by atoms with Gasteiger partial charge in [0.2, 0.25) is 0 Å². The molecule has 0 aromatic carbocycles. The maximum Gasteiger partial charge on any atom is 0.280 e. The van der Waals surface area contributed by atoms with Crippen LogP contribution in [-0.2, 0) is 17.3 Å². The summed E-state index contributed by atoms with van der Waals surface area (Å²) in [6.45, 7) is 3.85. The molecule has 1 aliphatic heterocycles. The highest BCUT2D eigenvalue weighted by Gasteiger charge is 2.34. The molecule has 2 N–H and O–H groups in total. The molecular formula is C10H20ClN5O2S. The van der Waals surface area contributed by atoms with E-state index in [1.165, 1.54) is 4.31 Å². The van der Waals surface area contributed by atoms with E-state index in [1.54, 1.807) is 13.1 Å². The van der Waals surface area contributed by atoms with E-state index in [9.17, 15) is 8.42 Å². The third-order valence-corrected chi connectivity index (χ3v) is 4.69. The van der Waals surface area contributed by atoms with E-state index in [4.69, 9.17) is 0 Å². The minimum Gasteiger partial charge on any atom is -0.337 e. The lowest BCUT2D eigenvalue weighted by atomic mass is 10.2. The van der Waals surface area contributed by atoms with Crippen LogP contribution < -0.4 is 10.0 Å². The van der Waals surface area contributed by atoms with Crippen LogP contribution in [0.2, 0.25) is 0 Å². The van der Waals surface area contributed by atoms with Crippen LogP contribution in [0.3, 0.4) is 0 Å². The van der Waals surface area contributed by atoms with Gasteiger partial charge in [0.15, 0.2) is 0 Å². The van der Waals surface area contributed by atoms with Gasteiger partial charge in [-0.2, -0.15) is 12.7 Å². The minimum atomic E-state index is -3.44. The zero-order valence-electron chi connectivity index (χ0n) is 11.0. The van der Waals surface area contributed by atoms with E-state index in [1.807, 2.05) is 17.8 Å². The quantitative estimate of drug-likeness (QED) is 0.796. The zero-order chi connectivity index (χ0) is 13.2. The van der Waals surface area contributed by atoms with Crippen molar-refractivity contribution in [3.63, 3.8) is 0 Å². The molecule has 1 aromatic heterocycles. The second kappa shape index (κ2) is 6.67. The van der Waals surface area contributed by atoms with Gasteiger partial charge in [-0.15, -0.1) is 12.4 Å². The second-order valence-corrected chi connectivity index (χ2v) is 5.94. The third-order valence-electron chi connectivity index (χ3n) is 2.99. The summed E-state index contributed by atoms with van der Waals surface area (Å²) in [6, 6.07) is -0.261. The first-order valence-corrected chi connectivity index (χ1v) is 7.44. The average Bonchev–Trinajstić information content (AvgIpc) is 2.75. The smallest absolute Gasteiger partial charge is 0.280 e. The van der Waals surface area contributed by atoms with Crippen LogP contribution in [0, 0.1) is 0 Å². The average molecular weight is 310 g/mol. The number of aromatic nitrogens is 2. The van der Waals surface area contributed by atoms with Crippen molar-refractivity contribution in [3.8, 4) is 0 Å². The van der Waals surface area contributed by atoms with Crippen LogP contribution in [0.15, 0.2) is 12.4 Å². The van der Waals surface area contributed by atoms with Gasteiger partial charge in [0.1, 0.15) is 5.82 Å². The van der Waals surface area contributed by atoms with Crippen molar-refractivity contribution >= 4 is 22.6 Å². The summed E-state index contributed by atoms with van der Waals surface area (Å²) in [6.07, 6.45) is 3.50. The van der Waals surface area contributed by atoms with Crippen molar-refractivity contribution < 1.29 is 8.42 Å². The highest BCUT2D eigenvalue weighted by molar-refractivity contribution is 7.87. The number of nitrogens with one attached hydrogen (secondary N) is 2. The van der Waals surface area contributed by atoms with E-state index in [2.05, 4.69) is 15.0 Å². The van der Waals surface area contributed by atoms with E-state index in [-0.39, 0.29) is 18.4 Å². The van der Waals surface area contributed by atoms with E-state index in [0.717, 1.165) is 5.82 Å². The predicted molar refractivity (Wildman–Crippen MR) is 75.4 cm³/mol. The molecule has 0 bridgehead atoms. The van der Waals surface area contributed by atoms with Crippen LogP contribution in [0.5, 0.6) is 0 Å². The molecule has 1 aliphatic rings. The highest BCUT2D eigenvalue weighted by Crippen LogP contribution is 2.22. The molecule has 9 heteroatoms. The summed E-state index contributed by atoms with van der Waals surface area (Å²) in [5, 5.41) is 3.21. The van der Waals surface area contributed by atoms with Crippen molar-refractivity contribution in [2.45, 2.75) is 13.0 Å². The molecular weight excluding hydrogens is 290 g/mol. The first-order valence-electron chi connectivity index (χ1n) is 6.00. The summed E-state index contributed by atoms with van der Waals surface area (Å²) < 4.78 is 30.2. The van der Waals surface area contributed by atoms with Gasteiger partial charge in [-0.25, -0.2) is 9.71 Å². The number of hydrogen-bond donors (Lipinski definition) is 2. The van der Waals surface area contributed by atoms with Crippen LogP contribution in [0.25, 0.3) is 0 Å². The molecule has 1 saturated heterocycles. The lowest BCUT2D eigenvalue weighted by molar-refractivity contribution is 0.255. The van der Waals surface area contributed by atoms with Gasteiger partial charge in [-0.1, -0.05) is 6.92 Å². The Balaban J connectivity index is 0.00000180. The molecule has 0 aliphatic carbocycles. The van der Waals surface area contributed by atoms with Crippen LogP contribution in [0.4, 0.5) is 0 Å². The van der Waals surface area contributed by atoms with Crippen molar-refractivity contribution in [2.75, 3.05) is 26.2 Å². The third kappa shape index (κ3) is 3.46. The number of hydrogen-bond acceptors (Lipinski definition) is 4. The highest BCUT2D eigenvalue weighted by atomic mass is 35.5. The first kappa shape index (κ1) is 16.4. The van der Waals surface area contributed by atoms with Crippen LogP contribution in [0.1, 0.15) is 18.8 Å². The van der Waals surface area contributed by atoms with Crippen LogP contribution >= 0.6 is 12.4 Å². The Labute approximate surface area is 120 Å². The molecule has 110 valence electrons. The zero-order valence-corrected chi connectivity index (χ0v) is 12.7. The molecule has 0 saturated carbocycles. The normalized spacial score (nSPS) is 21.1. The first-order chi connectivity index (χ1) is 8.56. The van der Waals surface area contributed by atoms with E-state index in [0.29, 0.717) is 26.2 Å². The topological polar surface area (TPSA) is 79.3 Å². The second-order valence-electron chi connectivity index (χ2n) is 4.23. The Morgan fingerprint density at radius 2 is 2.32 bits per heavy atom. The predicted octanol–water partition coefficient (Wildman–Crippen LogP) is -0.357. The molecule has 1 aromatic rings. The molecule has 1 fully saturated rings. The van der Waals surface area contributed by atoms with E-state index >= 15 is 0 Å². The molecule has 7 nitrogen and oxygen atoms in total. The fourth-order valence-electron chi connectivity index (χ4n) is 2.16. The molecule has 2 rings (SSSR count). The number of halogens is 1. The van der Waals surface area contributed by atoms with Gasteiger partial charge < -0.3 is 9.88 Å². The minimum absolute atomic E-state index is 0. The van der Waals surface area contributed by atoms with Gasteiger partial charge in [-0.05, 0) is 0 Å². The summed E-state index contributed by atoms with van der Waals surface area (Å²) in [5.41, 5.74) is 0. The summed E-state index contributed by atoms with van der Waals surface area (Å²) in [4.78, 5) is 4.25. The monoisotopic (exact) mass is 309 g/mol. The molecule has 1 unspecified atom stereocenters. The molecule has 19 heavy (non-hydrogen) atoms. The molecule has 2 heterocycles. The summed E-state index contributed by atoms with van der Waals surface area (Å²) in [5.74, 6) is 0.753. The number of piperazine rings is 1. The Morgan fingerprint density at radius 1 is 1.58 bits per heavy atom. The van der Waals surface area contributed by atoms with Crippen molar-refractivity contribution in [3.05, 3.63) is 18.2 Å². The molecule has 0 radical (unpaired) electrons. The largest absolute Gasteiger partial charge is 0.337 e. The summed E-state index contributed by atoms with van der Waals surface area (Å²) in [7, 11) is -1.57. The Hall–Kier alpha value is -0.670. The molecule has 0 spiro atoms. The number of nitrogens with zero attached hydrogens (tertiary/aromatic N) is 3. The van der Waals surface area contributed by atoms with Crippen molar-refractivity contribution in [1.82, 2.24) is 23.9 Å². The van der Waals surface area contributed by atoms with Gasteiger partial charge in [0, 0.05) is 45.6 Å². The van der Waals surface area contributed by atoms with Crippen molar-refractivity contribution in [2.24, 2.45) is 7.05 Å². The lowest BCUT2D eigenvalue weighted by Crippen LogP contribution is -2.52. The van der Waals surface area contributed by atoms with Gasteiger partial charge >= 0.3 is 0 Å². The van der Waals surface area contributed by atoms with Gasteiger partial charge in [0.05, 0.1) is 6.04 Å². The Bertz CT molecular complexity index is 504. The maximum absolute atomic E-state index is 12.2. The number of rotatable bonds is 4. The molecule has 0 amide bonds. The Kier molecular flexibility index (Phi) is 5.75. The van der Waals surface area contributed by atoms with E-state index < -0.39 is 10.2 Å². The summed E-state index contributed by atoms with van der Waals surface area (Å²) >= 11 is 0. The standard InChI is InChI=1S/C10H19N5O2S.ClH/c1-3-13-18(16,17)15-7-4-11-8-9(15)10-12-5-6-14(10)2;/h5-6,9,11,13H,3-4,7-8H2,1-2H3;1H. The fraction of sp³-hybridized carbons (Fsp3) is 0.700. The maximum atomic E-state index is 12.2. The fourth-order valence-corrected chi connectivity index (χ4v) is 3.52. The van der Waals surface area contributed by atoms with Gasteiger partial charge in [-0.3, -0.25) is 0 Å². The number of aryl methyl sites for hydroxylation is 1. The van der Waals surface area contributed by atoms with Crippen LogP contribution in [-0.4, -0.2) is 48.5 Å². The SMILES string of the molecule is CCNS(=O)(=O)N1CCNCC1c1nccn1C.Cl. The molecule has 1 atom stereocenters.